The molecule has 0 saturated carbocycles. The molecule has 6 nitrogen and oxygen atoms in total. The average molecular weight is 278 g/mol. The van der Waals surface area contributed by atoms with Gasteiger partial charge in [-0.2, -0.15) is 0 Å². The minimum absolute atomic E-state index is 0.0534. The number of ether oxygens (including phenoxy) is 2. The standard InChI is InChI=1S/C14H18N2O4/c1-10-14(18)15-9-13(17)16(10)7-8-20-12-6-4-3-5-11(12)19-2/h3-6,10H,7-9H2,1-2H3,(H,15,18). The summed E-state index contributed by atoms with van der Waals surface area (Å²) in [7, 11) is 1.57. The van der Waals surface area contributed by atoms with Gasteiger partial charge in [-0.3, -0.25) is 9.59 Å². The number of methoxy groups -OCH3 is 1. The van der Waals surface area contributed by atoms with Gasteiger partial charge < -0.3 is 19.7 Å². The lowest BCUT2D eigenvalue weighted by molar-refractivity contribution is -0.145. The van der Waals surface area contributed by atoms with Crippen LogP contribution >= 0.6 is 0 Å². The van der Waals surface area contributed by atoms with Crippen molar-refractivity contribution in [2.75, 3.05) is 26.8 Å². The summed E-state index contributed by atoms with van der Waals surface area (Å²) in [5, 5.41) is 2.55. The fourth-order valence-electron chi connectivity index (χ4n) is 2.08. The Hall–Kier alpha value is -2.24. The molecular weight excluding hydrogens is 260 g/mol. The predicted molar refractivity (Wildman–Crippen MR) is 72.7 cm³/mol. The molecule has 0 aromatic heterocycles. The molecule has 1 saturated heterocycles. The van der Waals surface area contributed by atoms with E-state index in [2.05, 4.69) is 5.32 Å². The zero-order chi connectivity index (χ0) is 14.5. The van der Waals surface area contributed by atoms with E-state index in [-0.39, 0.29) is 18.4 Å². The van der Waals surface area contributed by atoms with Crippen LogP contribution in [-0.2, 0) is 9.59 Å². The third-order valence-corrected chi connectivity index (χ3v) is 3.24. The van der Waals surface area contributed by atoms with Crippen molar-refractivity contribution in [1.29, 1.82) is 0 Å². The fraction of sp³-hybridized carbons (Fsp3) is 0.429. The molecule has 108 valence electrons. The van der Waals surface area contributed by atoms with Crippen LogP contribution in [0.3, 0.4) is 0 Å². The Morgan fingerprint density at radius 3 is 2.70 bits per heavy atom. The van der Waals surface area contributed by atoms with Gasteiger partial charge in [0.25, 0.3) is 0 Å². The first-order valence-electron chi connectivity index (χ1n) is 6.46. The summed E-state index contributed by atoms with van der Waals surface area (Å²) < 4.78 is 10.8. The number of nitrogens with zero attached hydrogens (tertiary/aromatic N) is 1. The second-order valence-electron chi connectivity index (χ2n) is 4.48. The molecule has 2 rings (SSSR count). The summed E-state index contributed by atoms with van der Waals surface area (Å²) in [5.74, 6) is 1.03. The number of benzene rings is 1. The van der Waals surface area contributed by atoms with Crippen molar-refractivity contribution < 1.29 is 19.1 Å². The first-order chi connectivity index (χ1) is 9.63. The normalized spacial score (nSPS) is 18.7. The van der Waals surface area contributed by atoms with Crippen molar-refractivity contribution in [1.82, 2.24) is 10.2 Å². The van der Waals surface area contributed by atoms with E-state index >= 15 is 0 Å². The highest BCUT2D eigenvalue weighted by molar-refractivity contribution is 5.94. The lowest BCUT2D eigenvalue weighted by atomic mass is 10.2. The highest BCUT2D eigenvalue weighted by atomic mass is 16.5. The van der Waals surface area contributed by atoms with Gasteiger partial charge in [-0.25, -0.2) is 0 Å². The molecule has 6 heteroatoms. The summed E-state index contributed by atoms with van der Waals surface area (Å²) in [6, 6.07) is 6.84. The Morgan fingerprint density at radius 2 is 2.00 bits per heavy atom. The number of para-hydroxylation sites is 2. The monoisotopic (exact) mass is 278 g/mol. The quantitative estimate of drug-likeness (QED) is 0.847. The highest BCUT2D eigenvalue weighted by Crippen LogP contribution is 2.25. The van der Waals surface area contributed by atoms with E-state index < -0.39 is 6.04 Å². The Kier molecular flexibility index (Phi) is 4.45. The maximum absolute atomic E-state index is 11.7. The average Bonchev–Trinajstić information content (AvgIpc) is 2.47. The second kappa shape index (κ2) is 6.27. The fourth-order valence-corrected chi connectivity index (χ4v) is 2.08. The van der Waals surface area contributed by atoms with E-state index in [0.29, 0.717) is 24.7 Å². The molecule has 1 unspecified atom stereocenters. The largest absolute Gasteiger partial charge is 0.493 e. The molecule has 0 bridgehead atoms. The number of nitrogens with one attached hydrogen (secondary N) is 1. The van der Waals surface area contributed by atoms with E-state index in [1.165, 1.54) is 4.90 Å². The zero-order valence-corrected chi connectivity index (χ0v) is 11.6. The lowest BCUT2D eigenvalue weighted by Crippen LogP contribution is -2.57. The van der Waals surface area contributed by atoms with Gasteiger partial charge in [-0.1, -0.05) is 12.1 Å². The van der Waals surface area contributed by atoms with Crippen LogP contribution in [-0.4, -0.2) is 49.6 Å². The topological polar surface area (TPSA) is 67.9 Å². The van der Waals surface area contributed by atoms with Crippen molar-refractivity contribution in [2.24, 2.45) is 0 Å². The molecular formula is C14H18N2O4. The van der Waals surface area contributed by atoms with Crippen LogP contribution < -0.4 is 14.8 Å². The first kappa shape index (κ1) is 14.2. The van der Waals surface area contributed by atoms with Gasteiger partial charge in [0.2, 0.25) is 11.8 Å². The van der Waals surface area contributed by atoms with Crippen molar-refractivity contribution in [3.63, 3.8) is 0 Å². The number of amides is 2. The van der Waals surface area contributed by atoms with Crippen molar-refractivity contribution in [3.8, 4) is 11.5 Å². The van der Waals surface area contributed by atoms with Gasteiger partial charge in [0, 0.05) is 0 Å². The molecule has 1 aliphatic rings. The van der Waals surface area contributed by atoms with E-state index in [4.69, 9.17) is 9.47 Å². The Balaban J connectivity index is 1.92. The van der Waals surface area contributed by atoms with Crippen molar-refractivity contribution >= 4 is 11.8 Å². The number of hydrogen-bond donors (Lipinski definition) is 1. The summed E-state index contributed by atoms with van der Waals surface area (Å²) >= 11 is 0. The molecule has 1 aromatic carbocycles. The van der Waals surface area contributed by atoms with E-state index in [0.717, 1.165) is 0 Å². The van der Waals surface area contributed by atoms with Crippen LogP contribution in [0, 0.1) is 0 Å². The van der Waals surface area contributed by atoms with E-state index in [1.54, 1.807) is 26.2 Å². The smallest absolute Gasteiger partial charge is 0.242 e. The van der Waals surface area contributed by atoms with Crippen LogP contribution in [0.15, 0.2) is 24.3 Å². The summed E-state index contributed by atoms with van der Waals surface area (Å²) in [6.45, 7) is 2.43. The number of carbonyl (C=O) groups is 2. The summed E-state index contributed by atoms with van der Waals surface area (Å²) in [4.78, 5) is 24.8. The van der Waals surface area contributed by atoms with Gasteiger partial charge in [0.05, 0.1) is 20.2 Å². The van der Waals surface area contributed by atoms with Crippen LogP contribution in [0.2, 0.25) is 0 Å². The zero-order valence-electron chi connectivity index (χ0n) is 11.6. The number of hydrogen-bond acceptors (Lipinski definition) is 4. The maximum atomic E-state index is 11.7. The number of rotatable bonds is 5. The molecule has 0 aliphatic carbocycles. The summed E-state index contributed by atoms with van der Waals surface area (Å²) in [5.41, 5.74) is 0. The Labute approximate surface area is 117 Å². The van der Waals surface area contributed by atoms with Gasteiger partial charge in [-0.15, -0.1) is 0 Å². The molecule has 1 aromatic rings. The van der Waals surface area contributed by atoms with Crippen LogP contribution in [0.5, 0.6) is 11.5 Å². The van der Waals surface area contributed by atoms with Crippen LogP contribution in [0.4, 0.5) is 0 Å². The van der Waals surface area contributed by atoms with Gasteiger partial charge in [0.1, 0.15) is 12.6 Å². The second-order valence-corrected chi connectivity index (χ2v) is 4.48. The molecule has 2 amide bonds. The van der Waals surface area contributed by atoms with Crippen LogP contribution in [0.25, 0.3) is 0 Å². The number of piperazine rings is 1. The third-order valence-electron chi connectivity index (χ3n) is 3.24. The van der Waals surface area contributed by atoms with Crippen molar-refractivity contribution in [3.05, 3.63) is 24.3 Å². The Morgan fingerprint density at radius 1 is 1.30 bits per heavy atom. The Bertz CT molecular complexity index is 504. The van der Waals surface area contributed by atoms with Crippen molar-refractivity contribution in [2.45, 2.75) is 13.0 Å². The van der Waals surface area contributed by atoms with Gasteiger partial charge in [0.15, 0.2) is 11.5 Å². The lowest BCUT2D eigenvalue weighted by Gasteiger charge is -2.32. The molecule has 1 aliphatic heterocycles. The molecule has 20 heavy (non-hydrogen) atoms. The summed E-state index contributed by atoms with van der Waals surface area (Å²) in [6.07, 6.45) is 0. The van der Waals surface area contributed by atoms with Gasteiger partial charge >= 0.3 is 0 Å². The maximum Gasteiger partial charge on any atom is 0.242 e. The molecule has 1 N–H and O–H groups in total. The molecule has 1 fully saturated rings. The van der Waals surface area contributed by atoms with Crippen LogP contribution in [0.1, 0.15) is 6.92 Å². The minimum atomic E-state index is -0.461. The van der Waals surface area contributed by atoms with E-state index in [1.807, 2.05) is 12.1 Å². The minimum Gasteiger partial charge on any atom is -0.493 e. The molecule has 1 atom stereocenters. The van der Waals surface area contributed by atoms with Gasteiger partial charge in [-0.05, 0) is 19.1 Å². The molecule has 1 heterocycles. The SMILES string of the molecule is COc1ccccc1OCCN1C(=O)CNC(=O)C1C. The molecule has 0 spiro atoms. The first-order valence-corrected chi connectivity index (χ1v) is 6.46. The predicted octanol–water partition coefficient (Wildman–Crippen LogP) is 0.421. The highest BCUT2D eigenvalue weighted by Gasteiger charge is 2.30. The number of carbonyl (C=O) groups excluding carboxylic acids is 2. The molecule has 0 radical (unpaired) electrons. The third kappa shape index (κ3) is 3.01. The van der Waals surface area contributed by atoms with E-state index in [9.17, 15) is 9.59 Å².